The summed E-state index contributed by atoms with van der Waals surface area (Å²) in [6, 6.07) is 0. The van der Waals surface area contributed by atoms with Gasteiger partial charge < -0.3 is 10.5 Å². The zero-order valence-corrected chi connectivity index (χ0v) is 5.16. The number of hydrogen-bond donors (Lipinski definition) is 2. The zero-order valence-electron chi connectivity index (χ0n) is 4.26. The van der Waals surface area contributed by atoms with E-state index in [1.807, 2.05) is 0 Å². The monoisotopic (exact) mass is 121 g/mol. The van der Waals surface area contributed by atoms with Gasteiger partial charge in [0.05, 0.1) is 6.73 Å². The third-order valence-electron chi connectivity index (χ3n) is 0.565. The van der Waals surface area contributed by atoms with Crippen molar-refractivity contribution < 1.29 is 4.74 Å². The third kappa shape index (κ3) is 6.27. The molecule has 0 radical (unpaired) electrons. The molecule has 0 unspecified atom stereocenters. The second kappa shape index (κ2) is 6.27. The van der Waals surface area contributed by atoms with Crippen LogP contribution < -0.4 is 5.73 Å². The number of ether oxygens (including phenoxy) is 1. The van der Waals surface area contributed by atoms with Gasteiger partial charge in [0, 0.05) is 6.61 Å². The predicted octanol–water partition coefficient (Wildman–Crippen LogP) is 0.239. The minimum atomic E-state index is 0.327. The lowest BCUT2D eigenvalue weighted by molar-refractivity contribution is 0.142. The van der Waals surface area contributed by atoms with Crippen LogP contribution in [0.1, 0.15) is 6.42 Å². The molecule has 0 aromatic carbocycles. The van der Waals surface area contributed by atoms with Crippen molar-refractivity contribution in [1.29, 1.82) is 0 Å². The van der Waals surface area contributed by atoms with Gasteiger partial charge in [-0.05, 0) is 12.2 Å². The molecule has 0 saturated heterocycles. The summed E-state index contributed by atoms with van der Waals surface area (Å²) in [6.45, 7) is 1.06. The van der Waals surface area contributed by atoms with Crippen molar-refractivity contribution in [2.45, 2.75) is 6.42 Å². The molecule has 0 aliphatic heterocycles. The van der Waals surface area contributed by atoms with E-state index in [9.17, 15) is 0 Å². The largest absolute Gasteiger partial charge is 0.367 e. The molecule has 2 N–H and O–H groups in total. The van der Waals surface area contributed by atoms with Crippen molar-refractivity contribution in [2.75, 3.05) is 19.1 Å². The first-order valence-electron chi connectivity index (χ1n) is 2.30. The normalized spacial score (nSPS) is 9.43. The van der Waals surface area contributed by atoms with Gasteiger partial charge in [-0.1, -0.05) is 0 Å². The van der Waals surface area contributed by atoms with Crippen molar-refractivity contribution in [3.8, 4) is 0 Å². The van der Waals surface area contributed by atoms with E-state index >= 15 is 0 Å². The Morgan fingerprint density at radius 3 is 2.71 bits per heavy atom. The Bertz CT molecular complexity index is 30.9. The van der Waals surface area contributed by atoms with Gasteiger partial charge in [-0.15, -0.1) is 0 Å². The van der Waals surface area contributed by atoms with Gasteiger partial charge in [0.15, 0.2) is 0 Å². The Morgan fingerprint density at radius 1 is 1.57 bits per heavy atom. The van der Waals surface area contributed by atoms with E-state index < -0.39 is 0 Å². The maximum absolute atomic E-state index is 5.02. The van der Waals surface area contributed by atoms with E-state index in [0.29, 0.717) is 6.73 Å². The summed E-state index contributed by atoms with van der Waals surface area (Å²) >= 11 is 3.97. The van der Waals surface area contributed by atoms with E-state index in [1.54, 1.807) is 0 Å². The molecule has 0 rings (SSSR count). The van der Waals surface area contributed by atoms with Gasteiger partial charge in [0.2, 0.25) is 0 Å². The zero-order chi connectivity index (χ0) is 5.54. The highest BCUT2D eigenvalue weighted by molar-refractivity contribution is 7.80. The van der Waals surface area contributed by atoms with E-state index in [-0.39, 0.29) is 0 Å². The molecule has 0 amide bonds. The summed E-state index contributed by atoms with van der Waals surface area (Å²) in [5, 5.41) is 0. The van der Waals surface area contributed by atoms with Gasteiger partial charge in [0.25, 0.3) is 0 Å². The molecule has 0 atom stereocenters. The minimum absolute atomic E-state index is 0.327. The molecular formula is C4H11NOS. The van der Waals surface area contributed by atoms with E-state index in [0.717, 1.165) is 18.8 Å². The quantitative estimate of drug-likeness (QED) is 0.317. The smallest absolute Gasteiger partial charge is 0.0940 e. The Balaban J connectivity index is 2.45. The Kier molecular flexibility index (Phi) is 6.51. The summed E-state index contributed by atoms with van der Waals surface area (Å²) in [5.74, 6) is 0.875. The second-order valence-corrected chi connectivity index (χ2v) is 1.60. The Hall–Kier alpha value is 0.270. The molecule has 44 valence electrons. The number of nitrogens with two attached hydrogens (primary N) is 1. The first-order valence-corrected chi connectivity index (χ1v) is 2.93. The lowest BCUT2D eigenvalue weighted by atomic mass is 10.5. The molecular weight excluding hydrogens is 110 g/mol. The third-order valence-corrected chi connectivity index (χ3v) is 0.881. The van der Waals surface area contributed by atoms with Crippen LogP contribution in [0.25, 0.3) is 0 Å². The highest BCUT2D eigenvalue weighted by Crippen LogP contribution is 1.82. The molecule has 7 heavy (non-hydrogen) atoms. The second-order valence-electron chi connectivity index (χ2n) is 1.15. The summed E-state index contributed by atoms with van der Waals surface area (Å²) in [5.41, 5.74) is 5.02. The SMILES string of the molecule is NCOCCCS. The lowest BCUT2D eigenvalue weighted by Crippen LogP contribution is -2.05. The number of rotatable bonds is 4. The van der Waals surface area contributed by atoms with Crippen molar-refractivity contribution in [3.05, 3.63) is 0 Å². The Labute approximate surface area is 49.4 Å². The molecule has 0 aliphatic rings. The summed E-state index contributed by atoms with van der Waals surface area (Å²) in [4.78, 5) is 0. The molecule has 0 bridgehead atoms. The maximum atomic E-state index is 5.02. The predicted molar refractivity (Wildman–Crippen MR) is 33.5 cm³/mol. The van der Waals surface area contributed by atoms with E-state index in [2.05, 4.69) is 12.6 Å². The molecule has 0 aromatic rings. The fraction of sp³-hybridized carbons (Fsp3) is 1.00. The van der Waals surface area contributed by atoms with Crippen molar-refractivity contribution in [3.63, 3.8) is 0 Å². The average molecular weight is 121 g/mol. The maximum Gasteiger partial charge on any atom is 0.0940 e. The summed E-state index contributed by atoms with van der Waals surface area (Å²) in [6.07, 6.45) is 0.986. The minimum Gasteiger partial charge on any atom is -0.367 e. The topological polar surface area (TPSA) is 35.2 Å². The van der Waals surface area contributed by atoms with E-state index in [1.165, 1.54) is 0 Å². The standard InChI is InChI=1S/C4H11NOS/c5-4-6-2-1-3-7/h7H,1-5H2. The summed E-state index contributed by atoms with van der Waals surface area (Å²) in [7, 11) is 0. The molecule has 2 nitrogen and oxygen atoms in total. The molecule has 0 aliphatic carbocycles. The molecule has 0 heterocycles. The van der Waals surface area contributed by atoms with E-state index in [4.69, 9.17) is 10.5 Å². The van der Waals surface area contributed by atoms with Crippen molar-refractivity contribution in [1.82, 2.24) is 0 Å². The van der Waals surface area contributed by atoms with Gasteiger partial charge in [-0.3, -0.25) is 0 Å². The highest BCUT2D eigenvalue weighted by atomic mass is 32.1. The van der Waals surface area contributed by atoms with Crippen LogP contribution >= 0.6 is 12.6 Å². The van der Waals surface area contributed by atoms with Crippen molar-refractivity contribution >= 4 is 12.6 Å². The first kappa shape index (κ1) is 7.27. The summed E-state index contributed by atoms with van der Waals surface area (Å²) < 4.78 is 4.80. The molecule has 0 spiro atoms. The van der Waals surface area contributed by atoms with Crippen LogP contribution in [0.5, 0.6) is 0 Å². The molecule has 0 saturated carbocycles. The lowest BCUT2D eigenvalue weighted by Gasteiger charge is -1.94. The fourth-order valence-corrected chi connectivity index (χ4v) is 0.379. The van der Waals surface area contributed by atoms with Crippen molar-refractivity contribution in [2.24, 2.45) is 5.73 Å². The van der Waals surface area contributed by atoms with Gasteiger partial charge in [-0.2, -0.15) is 12.6 Å². The highest BCUT2D eigenvalue weighted by Gasteiger charge is 1.79. The van der Waals surface area contributed by atoms with Crippen LogP contribution in [0.15, 0.2) is 0 Å². The molecule has 0 fully saturated rings. The number of hydrogen-bond acceptors (Lipinski definition) is 3. The van der Waals surface area contributed by atoms with Gasteiger partial charge in [-0.25, -0.2) is 0 Å². The first-order chi connectivity index (χ1) is 3.41. The van der Waals surface area contributed by atoms with Gasteiger partial charge in [0.1, 0.15) is 0 Å². The molecule has 3 heteroatoms. The van der Waals surface area contributed by atoms with Crippen LogP contribution in [0.3, 0.4) is 0 Å². The Morgan fingerprint density at radius 2 is 2.29 bits per heavy atom. The van der Waals surface area contributed by atoms with Crippen LogP contribution in [0.4, 0.5) is 0 Å². The fourth-order valence-electron chi connectivity index (χ4n) is 0.250. The molecule has 0 aromatic heterocycles. The number of thiol groups is 1. The van der Waals surface area contributed by atoms with Crippen LogP contribution in [0.2, 0.25) is 0 Å². The van der Waals surface area contributed by atoms with Crippen LogP contribution in [-0.2, 0) is 4.74 Å². The van der Waals surface area contributed by atoms with Crippen LogP contribution in [-0.4, -0.2) is 19.1 Å². The van der Waals surface area contributed by atoms with Crippen LogP contribution in [0, 0.1) is 0 Å². The average Bonchev–Trinajstić information content (AvgIpc) is 1.69. The van der Waals surface area contributed by atoms with Gasteiger partial charge >= 0.3 is 0 Å².